The van der Waals surface area contributed by atoms with E-state index >= 15 is 0 Å². The number of carbonyl (C=O) groups is 3. The third-order valence-corrected chi connectivity index (χ3v) is 13.8. The van der Waals surface area contributed by atoms with Crippen LogP contribution in [0.2, 0.25) is 18.1 Å². The summed E-state index contributed by atoms with van der Waals surface area (Å²) in [6.45, 7) is 31.8. The first kappa shape index (κ1) is 56.5. The Morgan fingerprint density at radius 3 is 1.48 bits per heavy atom. The summed E-state index contributed by atoms with van der Waals surface area (Å²) in [5, 5.41) is 12.4. The molecule has 0 atom stereocenters. The molecule has 0 saturated heterocycles. The van der Waals surface area contributed by atoms with Crippen LogP contribution in [0, 0.1) is 15.5 Å². The summed E-state index contributed by atoms with van der Waals surface area (Å²) in [7, 11) is -2.38. The van der Waals surface area contributed by atoms with Gasteiger partial charge in [0, 0.05) is 11.0 Å². The molecule has 0 unspecified atom stereocenters. The predicted molar refractivity (Wildman–Crippen MR) is 247 cm³/mol. The van der Waals surface area contributed by atoms with Gasteiger partial charge >= 0.3 is 24.1 Å². The second-order valence-corrected chi connectivity index (χ2v) is 26.4. The predicted octanol–water partition coefficient (Wildman–Crippen LogP) is 9.44. The molecule has 63 heavy (non-hydrogen) atoms. The fraction of sp³-hybridized carbons (Fsp3) is 0.644. The molecular weight excluding hydrogens is 898 g/mol. The quantitative estimate of drug-likeness (QED) is 0.0343. The van der Waals surface area contributed by atoms with Gasteiger partial charge < -0.3 is 37.9 Å². The van der Waals surface area contributed by atoms with Gasteiger partial charge in [0.2, 0.25) is 0 Å². The maximum atomic E-state index is 13.4. The normalized spacial score (nSPS) is 12.2. The third-order valence-electron chi connectivity index (χ3n) is 8.84. The summed E-state index contributed by atoms with van der Waals surface area (Å²) < 4.78 is 36.7. The molecule has 0 saturated carbocycles. The standard InChI is InChI=1S/C44H70BrN3O11Si.CO2/c1-40(2,3)29-47(27-39(51)59-43(10,11)12)32-19-18-31(45)23-35(32)54-20-21-55-36-24-33(48(52)53)30(28-56-60(16,17)44(13,14)15)22-34(36)46(25-37(49)57-41(4,5)6)26-38(50)58-42(7,8)9;2-1-3/h18-19,22-24H,20-21,25-29H2,1-17H3;. The number of esters is 3. The van der Waals surface area contributed by atoms with Crippen molar-refractivity contribution in [3.63, 3.8) is 0 Å². The third kappa shape index (κ3) is 21.6. The van der Waals surface area contributed by atoms with E-state index in [1.165, 1.54) is 17.0 Å². The van der Waals surface area contributed by atoms with Crippen molar-refractivity contribution in [2.75, 3.05) is 49.2 Å². The van der Waals surface area contributed by atoms with Crippen LogP contribution in [0.4, 0.5) is 17.1 Å². The van der Waals surface area contributed by atoms with Crippen LogP contribution >= 0.6 is 15.9 Å². The van der Waals surface area contributed by atoms with Crippen molar-refractivity contribution in [2.24, 2.45) is 5.41 Å². The Labute approximate surface area is 383 Å². The number of nitro groups is 1. The van der Waals surface area contributed by atoms with Crippen LogP contribution in [0.15, 0.2) is 34.8 Å². The highest BCUT2D eigenvalue weighted by Crippen LogP contribution is 2.41. The van der Waals surface area contributed by atoms with Gasteiger partial charge in [-0.2, -0.15) is 9.59 Å². The lowest BCUT2D eigenvalue weighted by Gasteiger charge is -2.36. The molecule has 0 fully saturated rings. The number of hydrogen-bond donors (Lipinski definition) is 0. The van der Waals surface area contributed by atoms with E-state index in [0.717, 1.165) is 4.47 Å². The van der Waals surface area contributed by atoms with Crippen molar-refractivity contribution >= 4 is 65.4 Å². The molecule has 0 bridgehead atoms. The molecule has 18 heteroatoms. The lowest BCUT2D eigenvalue weighted by molar-refractivity contribution is -0.385. The Bertz CT molecular complexity index is 1880. The molecule has 16 nitrogen and oxygen atoms in total. The maximum absolute atomic E-state index is 13.4. The summed E-state index contributed by atoms with van der Waals surface area (Å²) >= 11 is 3.53. The number of halogens is 1. The monoisotopic (exact) mass is 967 g/mol. The lowest BCUT2D eigenvalue weighted by Crippen LogP contribution is -2.41. The van der Waals surface area contributed by atoms with Gasteiger partial charge in [-0.05, 0) is 110 Å². The molecule has 0 spiro atoms. The van der Waals surface area contributed by atoms with E-state index in [9.17, 15) is 24.5 Å². The Kier molecular flexibility index (Phi) is 20.5. The molecule has 0 aliphatic heterocycles. The first-order valence-electron chi connectivity index (χ1n) is 20.6. The summed E-state index contributed by atoms with van der Waals surface area (Å²) in [5.74, 6) is -1.17. The SMILES string of the molecule is CC(C)(C)CN(CC(=O)OC(C)(C)C)c1ccc(Br)cc1OCCOc1cc([N+](=O)[O-])c(CO[Si](C)(C)C(C)(C)C)cc1N(CC(=O)OC(C)(C)C)CC(=O)OC(C)(C)C.O=C=O. The second kappa shape index (κ2) is 22.9. The number of hydrogen-bond acceptors (Lipinski definition) is 15. The fourth-order valence-corrected chi connectivity index (χ4v) is 6.80. The van der Waals surface area contributed by atoms with Gasteiger partial charge in [0.25, 0.3) is 5.69 Å². The van der Waals surface area contributed by atoms with Crippen LogP contribution in [0.1, 0.15) is 109 Å². The Balaban J connectivity index is 0.00000642. The van der Waals surface area contributed by atoms with Crippen LogP contribution < -0.4 is 19.3 Å². The average Bonchev–Trinajstić information content (AvgIpc) is 3.05. The molecule has 0 aromatic heterocycles. The molecule has 0 N–H and O–H groups in total. The summed E-state index contributed by atoms with van der Waals surface area (Å²) in [6.07, 6.45) is 0.250. The van der Waals surface area contributed by atoms with E-state index in [-0.39, 0.29) is 65.7 Å². The molecule has 0 radical (unpaired) electrons. The molecule has 2 aromatic rings. The highest BCUT2D eigenvalue weighted by molar-refractivity contribution is 9.10. The van der Waals surface area contributed by atoms with E-state index in [1.54, 1.807) is 47.6 Å². The van der Waals surface area contributed by atoms with Crippen molar-refractivity contribution in [3.05, 3.63) is 50.5 Å². The van der Waals surface area contributed by atoms with Crippen LogP contribution in [0.25, 0.3) is 0 Å². The van der Waals surface area contributed by atoms with Gasteiger partial charge in [-0.15, -0.1) is 0 Å². The van der Waals surface area contributed by atoms with Gasteiger partial charge in [0.15, 0.2) is 8.32 Å². The zero-order valence-electron chi connectivity index (χ0n) is 40.4. The molecule has 0 aliphatic carbocycles. The van der Waals surface area contributed by atoms with E-state index < -0.39 is 61.0 Å². The van der Waals surface area contributed by atoms with E-state index in [2.05, 4.69) is 57.5 Å². The zero-order chi connectivity index (χ0) is 48.9. The largest absolute Gasteiger partial charge is 0.488 e. The van der Waals surface area contributed by atoms with Crippen molar-refractivity contribution < 1.29 is 57.0 Å². The topological polar surface area (TPSA) is 190 Å². The number of anilines is 2. The van der Waals surface area contributed by atoms with Gasteiger partial charge in [-0.25, -0.2) is 0 Å². The number of benzene rings is 2. The number of rotatable bonds is 18. The number of carbonyl (C=O) groups excluding carboxylic acids is 5. The molecule has 2 aromatic carbocycles. The van der Waals surface area contributed by atoms with Crippen LogP contribution in [-0.4, -0.2) is 93.5 Å². The van der Waals surface area contributed by atoms with Gasteiger partial charge in [0.05, 0.1) is 34.5 Å². The first-order chi connectivity index (χ1) is 28.5. The Hall–Kier alpha value is -4.51. The highest BCUT2D eigenvalue weighted by atomic mass is 79.9. The minimum absolute atomic E-state index is 0.0212. The maximum Gasteiger partial charge on any atom is 0.373 e. The minimum atomic E-state index is -2.38. The van der Waals surface area contributed by atoms with E-state index in [4.69, 9.17) is 37.7 Å². The lowest BCUT2D eigenvalue weighted by atomic mass is 9.95. The fourth-order valence-electron chi connectivity index (χ4n) is 5.51. The Morgan fingerprint density at radius 2 is 1.10 bits per heavy atom. The molecule has 0 amide bonds. The first-order valence-corrected chi connectivity index (χ1v) is 24.3. The zero-order valence-corrected chi connectivity index (χ0v) is 42.9. The van der Waals surface area contributed by atoms with Crippen molar-refractivity contribution in [3.8, 4) is 11.5 Å². The summed E-state index contributed by atoms with van der Waals surface area (Å²) in [4.78, 5) is 71.5. The van der Waals surface area contributed by atoms with Crippen molar-refractivity contribution in [2.45, 2.75) is 145 Å². The smallest absolute Gasteiger partial charge is 0.373 e. The van der Waals surface area contributed by atoms with Crippen LogP contribution in [0.5, 0.6) is 11.5 Å². The van der Waals surface area contributed by atoms with E-state index in [1.807, 2.05) is 50.9 Å². The second-order valence-electron chi connectivity index (χ2n) is 20.7. The van der Waals surface area contributed by atoms with Crippen molar-refractivity contribution in [1.29, 1.82) is 0 Å². The number of nitro benzene ring substituents is 1. The molecule has 0 aliphatic rings. The Morgan fingerprint density at radius 1 is 0.683 bits per heavy atom. The van der Waals surface area contributed by atoms with Gasteiger partial charge in [0.1, 0.15) is 61.2 Å². The molecule has 0 heterocycles. The van der Waals surface area contributed by atoms with Crippen LogP contribution in [0.3, 0.4) is 0 Å². The van der Waals surface area contributed by atoms with Gasteiger partial charge in [-0.1, -0.05) is 57.5 Å². The summed E-state index contributed by atoms with van der Waals surface area (Å²) in [5.41, 5.74) is -1.66. The average molecular weight is 969 g/mol. The van der Waals surface area contributed by atoms with E-state index in [0.29, 0.717) is 18.0 Å². The summed E-state index contributed by atoms with van der Waals surface area (Å²) in [6, 6.07) is 8.32. The highest BCUT2D eigenvalue weighted by Gasteiger charge is 2.38. The van der Waals surface area contributed by atoms with Crippen molar-refractivity contribution in [1.82, 2.24) is 0 Å². The number of ether oxygens (including phenoxy) is 5. The van der Waals surface area contributed by atoms with Gasteiger partial charge in [-0.3, -0.25) is 24.5 Å². The molecule has 2 rings (SSSR count). The minimum Gasteiger partial charge on any atom is -0.488 e. The molecule has 354 valence electrons. The van der Waals surface area contributed by atoms with Crippen LogP contribution in [-0.2, 0) is 49.2 Å². The number of nitrogens with zero attached hydrogens (tertiary/aromatic N) is 3. The molecular formula is C45H70BrN3O13Si.